The Bertz CT molecular complexity index is 396. The van der Waals surface area contributed by atoms with Crippen LogP contribution in [0.3, 0.4) is 0 Å². The first-order valence-electron chi connectivity index (χ1n) is 5.58. The molecule has 1 rings (SSSR count). The Morgan fingerprint density at radius 1 is 1.59 bits per heavy atom. The maximum Gasteiger partial charge on any atom is 0.228 e. The largest absolute Gasteiger partial charge is 0.506 e. The van der Waals surface area contributed by atoms with E-state index in [1.54, 1.807) is 12.1 Å². The van der Waals surface area contributed by atoms with Crippen LogP contribution in [0.1, 0.15) is 19.8 Å². The molecule has 1 aromatic rings. The standard InChI is InChI=1S/C12H17BrN2O2/c1-2-3-8(7-14)12(17)15-10-6-9(13)4-5-11(10)16/h4-6,8,16H,2-3,7,14H2,1H3,(H,15,17). The maximum absolute atomic E-state index is 11.9. The number of benzene rings is 1. The molecule has 0 saturated carbocycles. The quantitative estimate of drug-likeness (QED) is 0.731. The molecule has 0 aromatic heterocycles. The zero-order chi connectivity index (χ0) is 12.8. The third-order valence-electron chi connectivity index (χ3n) is 2.51. The van der Waals surface area contributed by atoms with Crippen LogP contribution in [0.2, 0.25) is 0 Å². The smallest absolute Gasteiger partial charge is 0.228 e. The van der Waals surface area contributed by atoms with Crippen molar-refractivity contribution in [2.45, 2.75) is 19.8 Å². The second kappa shape index (κ2) is 6.61. The zero-order valence-corrected chi connectivity index (χ0v) is 11.3. The van der Waals surface area contributed by atoms with Crippen LogP contribution in [0.4, 0.5) is 5.69 Å². The predicted molar refractivity (Wildman–Crippen MR) is 71.9 cm³/mol. The van der Waals surface area contributed by atoms with Crippen molar-refractivity contribution in [2.75, 3.05) is 11.9 Å². The third-order valence-corrected chi connectivity index (χ3v) is 3.00. The van der Waals surface area contributed by atoms with Gasteiger partial charge in [-0.05, 0) is 24.6 Å². The van der Waals surface area contributed by atoms with Gasteiger partial charge in [-0.2, -0.15) is 0 Å². The summed E-state index contributed by atoms with van der Waals surface area (Å²) >= 11 is 3.28. The van der Waals surface area contributed by atoms with Gasteiger partial charge in [-0.3, -0.25) is 4.79 Å². The lowest BCUT2D eigenvalue weighted by Crippen LogP contribution is -2.29. The van der Waals surface area contributed by atoms with E-state index in [0.29, 0.717) is 12.2 Å². The molecule has 1 atom stereocenters. The number of nitrogens with two attached hydrogens (primary N) is 1. The molecule has 0 saturated heterocycles. The van der Waals surface area contributed by atoms with E-state index < -0.39 is 0 Å². The van der Waals surface area contributed by atoms with Crippen LogP contribution in [-0.4, -0.2) is 17.6 Å². The van der Waals surface area contributed by atoms with Gasteiger partial charge >= 0.3 is 0 Å². The van der Waals surface area contributed by atoms with Crippen LogP contribution >= 0.6 is 15.9 Å². The van der Waals surface area contributed by atoms with E-state index in [-0.39, 0.29) is 17.6 Å². The third kappa shape index (κ3) is 4.02. The van der Waals surface area contributed by atoms with Gasteiger partial charge in [-0.1, -0.05) is 29.3 Å². The highest BCUT2D eigenvalue weighted by Gasteiger charge is 2.17. The molecule has 4 nitrogen and oxygen atoms in total. The minimum atomic E-state index is -0.210. The van der Waals surface area contributed by atoms with E-state index in [1.165, 1.54) is 6.07 Å². The number of carbonyl (C=O) groups is 1. The molecule has 0 radical (unpaired) electrons. The van der Waals surface area contributed by atoms with Crippen molar-refractivity contribution in [2.24, 2.45) is 11.7 Å². The van der Waals surface area contributed by atoms with E-state index in [2.05, 4.69) is 21.2 Å². The average molecular weight is 301 g/mol. The second-order valence-corrected chi connectivity index (χ2v) is 4.79. The normalized spacial score (nSPS) is 12.2. The van der Waals surface area contributed by atoms with Gasteiger partial charge in [0.15, 0.2) is 0 Å². The van der Waals surface area contributed by atoms with Crippen LogP contribution < -0.4 is 11.1 Å². The van der Waals surface area contributed by atoms with Crippen molar-refractivity contribution >= 4 is 27.5 Å². The van der Waals surface area contributed by atoms with Crippen molar-refractivity contribution in [1.29, 1.82) is 0 Å². The topological polar surface area (TPSA) is 75.4 Å². The Labute approximate surface area is 109 Å². The van der Waals surface area contributed by atoms with Gasteiger partial charge in [0.1, 0.15) is 5.75 Å². The first-order valence-corrected chi connectivity index (χ1v) is 6.37. The Balaban J connectivity index is 2.76. The monoisotopic (exact) mass is 300 g/mol. The number of rotatable bonds is 5. The van der Waals surface area contributed by atoms with Crippen molar-refractivity contribution in [3.63, 3.8) is 0 Å². The van der Waals surface area contributed by atoms with Gasteiger partial charge in [0.25, 0.3) is 0 Å². The fourth-order valence-corrected chi connectivity index (χ4v) is 1.91. The summed E-state index contributed by atoms with van der Waals surface area (Å²) in [5, 5.41) is 12.3. The van der Waals surface area contributed by atoms with E-state index in [1.807, 2.05) is 6.92 Å². The Hall–Kier alpha value is -1.07. The fraction of sp³-hybridized carbons (Fsp3) is 0.417. The molecule has 0 aliphatic carbocycles. The van der Waals surface area contributed by atoms with Crippen molar-refractivity contribution in [3.05, 3.63) is 22.7 Å². The van der Waals surface area contributed by atoms with Crippen molar-refractivity contribution < 1.29 is 9.90 Å². The average Bonchev–Trinajstić information content (AvgIpc) is 2.30. The van der Waals surface area contributed by atoms with Crippen molar-refractivity contribution in [1.82, 2.24) is 0 Å². The summed E-state index contributed by atoms with van der Waals surface area (Å²) < 4.78 is 0.797. The summed E-state index contributed by atoms with van der Waals surface area (Å²) in [7, 11) is 0. The van der Waals surface area contributed by atoms with Gasteiger partial charge in [0, 0.05) is 11.0 Å². The van der Waals surface area contributed by atoms with Crippen LogP contribution in [0.15, 0.2) is 22.7 Å². The number of anilines is 1. The molecule has 1 aromatic carbocycles. The number of halogens is 1. The summed E-state index contributed by atoms with van der Waals surface area (Å²) in [4.78, 5) is 11.9. The number of phenolic OH excluding ortho intramolecular Hbond substituents is 1. The molecule has 0 fully saturated rings. The predicted octanol–water partition coefficient (Wildman–Crippen LogP) is 2.47. The van der Waals surface area contributed by atoms with Crippen LogP contribution in [0.25, 0.3) is 0 Å². The summed E-state index contributed by atoms with van der Waals surface area (Å²) in [6.45, 7) is 2.32. The highest BCUT2D eigenvalue weighted by Crippen LogP contribution is 2.27. The maximum atomic E-state index is 11.9. The summed E-state index contributed by atoms with van der Waals surface area (Å²) in [6, 6.07) is 4.89. The molecule has 1 amide bonds. The van der Waals surface area contributed by atoms with Gasteiger partial charge < -0.3 is 16.2 Å². The SMILES string of the molecule is CCCC(CN)C(=O)Nc1cc(Br)ccc1O. The molecule has 0 spiro atoms. The minimum absolute atomic E-state index is 0.0498. The van der Waals surface area contributed by atoms with E-state index in [0.717, 1.165) is 17.3 Å². The Morgan fingerprint density at radius 2 is 2.29 bits per heavy atom. The number of amides is 1. The molecule has 4 N–H and O–H groups in total. The van der Waals surface area contributed by atoms with E-state index >= 15 is 0 Å². The zero-order valence-electron chi connectivity index (χ0n) is 9.74. The Kier molecular flexibility index (Phi) is 5.44. The number of phenols is 1. The fourth-order valence-electron chi connectivity index (χ4n) is 1.55. The number of hydrogen-bond donors (Lipinski definition) is 3. The number of carbonyl (C=O) groups excluding carboxylic acids is 1. The first kappa shape index (κ1) is 14.0. The lowest BCUT2D eigenvalue weighted by molar-refractivity contribution is -0.119. The number of aromatic hydroxyl groups is 1. The lowest BCUT2D eigenvalue weighted by Gasteiger charge is -2.14. The highest BCUT2D eigenvalue weighted by atomic mass is 79.9. The highest BCUT2D eigenvalue weighted by molar-refractivity contribution is 9.10. The van der Waals surface area contributed by atoms with Gasteiger partial charge in [0.2, 0.25) is 5.91 Å². The van der Waals surface area contributed by atoms with E-state index in [4.69, 9.17) is 5.73 Å². The summed E-state index contributed by atoms with van der Waals surface area (Å²) in [6.07, 6.45) is 1.65. The summed E-state index contributed by atoms with van der Waals surface area (Å²) in [5.41, 5.74) is 5.95. The summed E-state index contributed by atoms with van der Waals surface area (Å²) in [5.74, 6) is -0.310. The first-order chi connectivity index (χ1) is 8.08. The van der Waals surface area contributed by atoms with Crippen molar-refractivity contribution in [3.8, 4) is 5.75 Å². The molecule has 0 heterocycles. The number of nitrogens with one attached hydrogen (secondary N) is 1. The van der Waals surface area contributed by atoms with Gasteiger partial charge in [-0.15, -0.1) is 0 Å². The molecule has 17 heavy (non-hydrogen) atoms. The molecule has 1 unspecified atom stereocenters. The molecular formula is C12H17BrN2O2. The Morgan fingerprint density at radius 3 is 2.88 bits per heavy atom. The van der Waals surface area contributed by atoms with Crippen LogP contribution in [0, 0.1) is 5.92 Å². The molecule has 0 aliphatic rings. The lowest BCUT2D eigenvalue weighted by atomic mass is 10.0. The molecule has 0 bridgehead atoms. The molecule has 0 aliphatic heterocycles. The molecule has 5 heteroatoms. The second-order valence-electron chi connectivity index (χ2n) is 3.87. The van der Waals surface area contributed by atoms with Gasteiger partial charge in [0.05, 0.1) is 11.6 Å². The number of hydrogen-bond acceptors (Lipinski definition) is 3. The molecule has 94 valence electrons. The van der Waals surface area contributed by atoms with Crippen LogP contribution in [-0.2, 0) is 4.79 Å². The van der Waals surface area contributed by atoms with Crippen LogP contribution in [0.5, 0.6) is 5.75 Å². The molecular weight excluding hydrogens is 284 g/mol. The van der Waals surface area contributed by atoms with E-state index in [9.17, 15) is 9.90 Å². The van der Waals surface area contributed by atoms with Gasteiger partial charge in [-0.25, -0.2) is 0 Å². The minimum Gasteiger partial charge on any atom is -0.506 e.